The molecule has 2 rings (SSSR count). The third-order valence-electron chi connectivity index (χ3n) is 2.85. The Kier molecular flexibility index (Phi) is 4.10. The highest BCUT2D eigenvalue weighted by Crippen LogP contribution is 2.22. The van der Waals surface area contributed by atoms with Gasteiger partial charge in [-0.1, -0.05) is 24.3 Å². The molecule has 0 radical (unpaired) electrons. The molecule has 0 fully saturated rings. The number of benzene rings is 1. The summed E-state index contributed by atoms with van der Waals surface area (Å²) in [5.41, 5.74) is 3.18. The van der Waals surface area contributed by atoms with Crippen LogP contribution in [0.25, 0.3) is 11.1 Å². The number of carboxylic acid groups (broad SMARTS) is 1. The van der Waals surface area contributed by atoms with Crippen LogP contribution in [0.3, 0.4) is 0 Å². The van der Waals surface area contributed by atoms with E-state index in [0.717, 1.165) is 16.7 Å². The molecule has 0 bridgehead atoms. The van der Waals surface area contributed by atoms with Crippen molar-refractivity contribution < 1.29 is 14.7 Å². The Balaban J connectivity index is 2.27. The number of hydrogen-bond donors (Lipinski definition) is 2. The minimum atomic E-state index is -1.09. The van der Waals surface area contributed by atoms with Crippen LogP contribution >= 0.6 is 0 Å². The highest BCUT2D eigenvalue weighted by atomic mass is 16.4. The van der Waals surface area contributed by atoms with Gasteiger partial charge in [0.25, 0.3) is 5.91 Å². The van der Waals surface area contributed by atoms with Gasteiger partial charge in [-0.15, -0.1) is 0 Å². The van der Waals surface area contributed by atoms with Gasteiger partial charge < -0.3 is 10.4 Å². The molecule has 0 spiro atoms. The van der Waals surface area contributed by atoms with Crippen LogP contribution in [0, 0.1) is 6.92 Å². The molecule has 0 atom stereocenters. The normalized spacial score (nSPS) is 10.1. The first-order valence-electron chi connectivity index (χ1n) is 6.10. The second-order valence-corrected chi connectivity index (χ2v) is 4.32. The summed E-state index contributed by atoms with van der Waals surface area (Å²) in [5.74, 6) is -1.59. The third-order valence-corrected chi connectivity index (χ3v) is 2.85. The molecule has 1 aromatic heterocycles. The highest BCUT2D eigenvalue weighted by Gasteiger charge is 2.10. The maximum atomic E-state index is 11.8. The maximum Gasteiger partial charge on any atom is 0.322 e. The zero-order chi connectivity index (χ0) is 14.5. The standard InChI is InChI=1S/C15H14N2O3/c1-10-4-2-3-5-12(10)11-6-7-16-13(8-11)15(20)17-9-14(18)19/h2-8H,9H2,1H3,(H,17,20)(H,18,19). The van der Waals surface area contributed by atoms with E-state index in [2.05, 4.69) is 10.3 Å². The average molecular weight is 270 g/mol. The van der Waals surface area contributed by atoms with Crippen molar-refractivity contribution in [3.8, 4) is 11.1 Å². The van der Waals surface area contributed by atoms with E-state index < -0.39 is 18.4 Å². The van der Waals surface area contributed by atoms with Gasteiger partial charge >= 0.3 is 5.97 Å². The maximum absolute atomic E-state index is 11.8. The van der Waals surface area contributed by atoms with Crippen molar-refractivity contribution in [3.63, 3.8) is 0 Å². The van der Waals surface area contributed by atoms with Crippen LogP contribution in [-0.4, -0.2) is 28.5 Å². The molecule has 0 aliphatic rings. The van der Waals surface area contributed by atoms with Gasteiger partial charge in [-0.25, -0.2) is 0 Å². The largest absolute Gasteiger partial charge is 0.480 e. The topological polar surface area (TPSA) is 79.3 Å². The smallest absolute Gasteiger partial charge is 0.322 e. The van der Waals surface area contributed by atoms with E-state index in [9.17, 15) is 9.59 Å². The lowest BCUT2D eigenvalue weighted by molar-refractivity contribution is -0.135. The monoisotopic (exact) mass is 270 g/mol. The second-order valence-electron chi connectivity index (χ2n) is 4.32. The fraction of sp³-hybridized carbons (Fsp3) is 0.133. The van der Waals surface area contributed by atoms with Gasteiger partial charge in [0.1, 0.15) is 12.2 Å². The lowest BCUT2D eigenvalue weighted by atomic mass is 10.0. The van der Waals surface area contributed by atoms with Crippen molar-refractivity contribution in [2.24, 2.45) is 0 Å². The number of nitrogens with zero attached hydrogens (tertiary/aromatic N) is 1. The van der Waals surface area contributed by atoms with E-state index in [1.54, 1.807) is 6.07 Å². The lowest BCUT2D eigenvalue weighted by Crippen LogP contribution is -2.29. The van der Waals surface area contributed by atoms with Crippen LogP contribution in [0.1, 0.15) is 16.1 Å². The molecule has 5 nitrogen and oxygen atoms in total. The minimum Gasteiger partial charge on any atom is -0.480 e. The summed E-state index contributed by atoms with van der Waals surface area (Å²) < 4.78 is 0. The first kappa shape index (κ1) is 13.7. The lowest BCUT2D eigenvalue weighted by Gasteiger charge is -2.07. The number of carboxylic acids is 1. The van der Waals surface area contributed by atoms with Gasteiger partial charge in [0.05, 0.1) is 0 Å². The number of carbonyl (C=O) groups is 2. The summed E-state index contributed by atoms with van der Waals surface area (Å²) in [4.78, 5) is 26.2. The van der Waals surface area contributed by atoms with E-state index in [0.29, 0.717) is 0 Å². The van der Waals surface area contributed by atoms with E-state index in [1.165, 1.54) is 6.20 Å². The summed E-state index contributed by atoms with van der Waals surface area (Å²) in [6, 6.07) is 11.3. The van der Waals surface area contributed by atoms with E-state index in [1.807, 2.05) is 37.3 Å². The number of hydrogen-bond acceptors (Lipinski definition) is 3. The van der Waals surface area contributed by atoms with Gasteiger partial charge in [0.2, 0.25) is 0 Å². The fourth-order valence-corrected chi connectivity index (χ4v) is 1.87. The summed E-state index contributed by atoms with van der Waals surface area (Å²) in [5, 5.41) is 10.8. The number of nitrogens with one attached hydrogen (secondary N) is 1. The van der Waals surface area contributed by atoms with Crippen LogP contribution in [0.2, 0.25) is 0 Å². The van der Waals surface area contributed by atoms with Crippen LogP contribution in [0.15, 0.2) is 42.6 Å². The number of aryl methyl sites for hydroxylation is 1. The molecule has 20 heavy (non-hydrogen) atoms. The molecule has 2 N–H and O–H groups in total. The number of amides is 1. The van der Waals surface area contributed by atoms with Crippen molar-refractivity contribution in [3.05, 3.63) is 53.9 Å². The van der Waals surface area contributed by atoms with Crippen molar-refractivity contribution in [2.75, 3.05) is 6.54 Å². The van der Waals surface area contributed by atoms with Gasteiger partial charge in [-0.3, -0.25) is 14.6 Å². The van der Waals surface area contributed by atoms with Gasteiger partial charge in [0.15, 0.2) is 0 Å². The Hall–Kier alpha value is -2.69. The SMILES string of the molecule is Cc1ccccc1-c1ccnc(C(=O)NCC(=O)O)c1. The van der Waals surface area contributed by atoms with Gasteiger partial charge in [-0.05, 0) is 35.7 Å². The van der Waals surface area contributed by atoms with Crippen molar-refractivity contribution in [1.29, 1.82) is 0 Å². The van der Waals surface area contributed by atoms with E-state index in [-0.39, 0.29) is 5.69 Å². The Morgan fingerprint density at radius 2 is 2.00 bits per heavy atom. The van der Waals surface area contributed by atoms with Gasteiger partial charge in [-0.2, -0.15) is 0 Å². The van der Waals surface area contributed by atoms with Crippen molar-refractivity contribution in [1.82, 2.24) is 10.3 Å². The first-order valence-corrected chi connectivity index (χ1v) is 6.10. The zero-order valence-corrected chi connectivity index (χ0v) is 11.0. The molecule has 102 valence electrons. The highest BCUT2D eigenvalue weighted by molar-refractivity contribution is 5.95. The minimum absolute atomic E-state index is 0.201. The predicted octanol–water partition coefficient (Wildman–Crippen LogP) is 1.87. The number of carbonyl (C=O) groups excluding carboxylic acids is 1. The summed E-state index contributed by atoms with van der Waals surface area (Å²) in [6.07, 6.45) is 1.54. The fourth-order valence-electron chi connectivity index (χ4n) is 1.87. The van der Waals surface area contributed by atoms with Crippen LogP contribution in [-0.2, 0) is 4.79 Å². The number of rotatable bonds is 4. The van der Waals surface area contributed by atoms with E-state index in [4.69, 9.17) is 5.11 Å². The molecule has 1 amide bonds. The molecule has 0 saturated carbocycles. The number of aromatic nitrogens is 1. The van der Waals surface area contributed by atoms with Crippen molar-refractivity contribution in [2.45, 2.75) is 6.92 Å². The average Bonchev–Trinajstić information content (AvgIpc) is 2.45. The number of aliphatic carboxylic acids is 1. The Morgan fingerprint density at radius 3 is 2.70 bits per heavy atom. The number of pyridine rings is 1. The summed E-state index contributed by atoms with van der Waals surface area (Å²) in [7, 11) is 0. The molecule has 0 unspecified atom stereocenters. The zero-order valence-electron chi connectivity index (χ0n) is 11.0. The molecule has 1 heterocycles. The molecule has 5 heteroatoms. The Labute approximate surface area is 116 Å². The summed E-state index contributed by atoms with van der Waals surface area (Å²) >= 11 is 0. The van der Waals surface area contributed by atoms with Crippen LogP contribution < -0.4 is 5.32 Å². The summed E-state index contributed by atoms with van der Waals surface area (Å²) in [6.45, 7) is 1.56. The van der Waals surface area contributed by atoms with E-state index >= 15 is 0 Å². The molecule has 0 saturated heterocycles. The second kappa shape index (κ2) is 5.97. The molecular formula is C15H14N2O3. The van der Waals surface area contributed by atoms with Crippen molar-refractivity contribution >= 4 is 11.9 Å². The van der Waals surface area contributed by atoms with Crippen LogP contribution in [0.5, 0.6) is 0 Å². The van der Waals surface area contributed by atoms with Gasteiger partial charge in [0, 0.05) is 6.20 Å². The first-order chi connectivity index (χ1) is 9.58. The Morgan fingerprint density at radius 1 is 1.25 bits per heavy atom. The third kappa shape index (κ3) is 3.20. The molecular weight excluding hydrogens is 256 g/mol. The van der Waals surface area contributed by atoms with Crippen LogP contribution in [0.4, 0.5) is 0 Å². The quantitative estimate of drug-likeness (QED) is 0.889. The predicted molar refractivity (Wildman–Crippen MR) is 74.4 cm³/mol. The molecule has 1 aromatic carbocycles. The Bertz CT molecular complexity index is 653. The molecule has 2 aromatic rings. The molecule has 0 aliphatic carbocycles. The molecule has 0 aliphatic heterocycles.